The van der Waals surface area contributed by atoms with Crippen molar-refractivity contribution in [3.05, 3.63) is 63.7 Å². The van der Waals surface area contributed by atoms with E-state index < -0.39 is 16.6 Å². The summed E-state index contributed by atoms with van der Waals surface area (Å²) in [4.78, 5) is 26.0. The number of fused-ring (bicyclic) bond motifs is 1. The lowest BCUT2D eigenvalue weighted by molar-refractivity contribution is -0.384. The van der Waals surface area contributed by atoms with Gasteiger partial charge in [-0.05, 0) is 49.9 Å². The smallest absolute Gasteiger partial charge is 0.270 e. The van der Waals surface area contributed by atoms with Crippen LogP contribution in [0.15, 0.2) is 36.4 Å². The minimum absolute atomic E-state index is 0.00708. The third-order valence-corrected chi connectivity index (χ3v) is 6.46. The molecule has 0 saturated carbocycles. The number of halogens is 1. The standard InChI is InChI=1S/C24H25FN6O3/c25-19-9-7-16(23-28-27-22-6-2-1-3-13-30(22)23)14-20(19)26-24(32)18-15-17(31(33)34)8-10-21(18)29-11-4-5-12-29/h7-10,14-15H,1-6,11-13H2,(H,26,32). The minimum atomic E-state index is -0.596. The van der Waals surface area contributed by atoms with Crippen molar-refractivity contribution in [1.82, 2.24) is 14.8 Å². The number of hydrogen-bond acceptors (Lipinski definition) is 6. The van der Waals surface area contributed by atoms with Crippen LogP contribution in [0.25, 0.3) is 11.4 Å². The predicted molar refractivity (Wildman–Crippen MR) is 125 cm³/mol. The second kappa shape index (κ2) is 9.20. The number of hydrogen-bond donors (Lipinski definition) is 1. The molecule has 1 amide bonds. The zero-order valence-corrected chi connectivity index (χ0v) is 18.7. The van der Waals surface area contributed by atoms with E-state index in [2.05, 4.69) is 20.1 Å². The maximum absolute atomic E-state index is 14.7. The summed E-state index contributed by atoms with van der Waals surface area (Å²) < 4.78 is 16.8. The Morgan fingerprint density at radius 1 is 1.00 bits per heavy atom. The van der Waals surface area contributed by atoms with Crippen LogP contribution in [0.1, 0.15) is 48.3 Å². The van der Waals surface area contributed by atoms with Gasteiger partial charge in [0.2, 0.25) is 0 Å². The van der Waals surface area contributed by atoms with Crippen LogP contribution >= 0.6 is 0 Å². The molecule has 1 fully saturated rings. The highest BCUT2D eigenvalue weighted by Gasteiger charge is 2.24. The molecule has 1 aromatic heterocycles. The molecule has 2 aliphatic rings. The van der Waals surface area contributed by atoms with Crippen molar-refractivity contribution in [1.29, 1.82) is 0 Å². The average Bonchev–Trinajstić information content (AvgIpc) is 3.45. The van der Waals surface area contributed by atoms with E-state index in [-0.39, 0.29) is 16.9 Å². The topological polar surface area (TPSA) is 106 Å². The Kier molecular flexibility index (Phi) is 5.95. The second-order valence-corrected chi connectivity index (χ2v) is 8.70. The van der Waals surface area contributed by atoms with E-state index in [1.165, 1.54) is 18.2 Å². The van der Waals surface area contributed by atoms with E-state index in [0.29, 0.717) is 17.1 Å². The number of aromatic nitrogens is 3. The molecule has 176 valence electrons. The summed E-state index contributed by atoms with van der Waals surface area (Å²) in [6.07, 6.45) is 6.02. The van der Waals surface area contributed by atoms with Gasteiger partial charge in [-0.25, -0.2) is 4.39 Å². The normalized spacial score (nSPS) is 15.6. The zero-order chi connectivity index (χ0) is 23.7. The predicted octanol–water partition coefficient (Wildman–Crippen LogP) is 4.57. The van der Waals surface area contributed by atoms with Crippen LogP contribution in [-0.4, -0.2) is 38.7 Å². The largest absolute Gasteiger partial charge is 0.371 e. The average molecular weight is 465 g/mol. The monoisotopic (exact) mass is 464 g/mol. The minimum Gasteiger partial charge on any atom is -0.371 e. The highest BCUT2D eigenvalue weighted by Crippen LogP contribution is 2.31. The molecular weight excluding hydrogens is 439 g/mol. The Morgan fingerprint density at radius 3 is 2.59 bits per heavy atom. The fourth-order valence-corrected chi connectivity index (χ4v) is 4.70. The molecule has 0 unspecified atom stereocenters. The summed E-state index contributed by atoms with van der Waals surface area (Å²) in [7, 11) is 0. The summed E-state index contributed by atoms with van der Waals surface area (Å²) in [5.41, 5.74) is 1.22. The number of aryl methyl sites for hydroxylation is 1. The third-order valence-electron chi connectivity index (χ3n) is 6.46. The van der Waals surface area contributed by atoms with Gasteiger partial charge in [-0.1, -0.05) is 6.42 Å². The number of amides is 1. The van der Waals surface area contributed by atoms with Crippen molar-refractivity contribution in [2.45, 2.75) is 45.1 Å². The second-order valence-electron chi connectivity index (χ2n) is 8.70. The van der Waals surface area contributed by atoms with Crippen LogP contribution in [0.3, 0.4) is 0 Å². The summed E-state index contributed by atoms with van der Waals surface area (Å²) >= 11 is 0. The van der Waals surface area contributed by atoms with Crippen molar-refractivity contribution < 1.29 is 14.1 Å². The Bertz CT molecular complexity index is 1250. The van der Waals surface area contributed by atoms with E-state index in [4.69, 9.17) is 0 Å². The third kappa shape index (κ3) is 4.23. The number of non-ortho nitro benzene ring substituents is 1. The van der Waals surface area contributed by atoms with Crippen LogP contribution in [0.5, 0.6) is 0 Å². The molecule has 5 rings (SSSR count). The summed E-state index contributed by atoms with van der Waals surface area (Å²) in [6.45, 7) is 2.32. The number of nitro benzene ring substituents is 1. The van der Waals surface area contributed by atoms with Gasteiger partial charge in [0, 0.05) is 43.8 Å². The van der Waals surface area contributed by atoms with Crippen molar-refractivity contribution in [3.63, 3.8) is 0 Å². The molecule has 1 saturated heterocycles. The van der Waals surface area contributed by atoms with E-state index >= 15 is 0 Å². The van der Waals surface area contributed by atoms with Gasteiger partial charge in [-0.2, -0.15) is 0 Å². The van der Waals surface area contributed by atoms with Gasteiger partial charge in [-0.15, -0.1) is 10.2 Å². The van der Waals surface area contributed by atoms with Crippen LogP contribution in [0.2, 0.25) is 0 Å². The fraction of sp³-hybridized carbons (Fsp3) is 0.375. The molecule has 0 aliphatic carbocycles. The molecule has 1 N–H and O–H groups in total. The molecule has 2 aromatic carbocycles. The van der Waals surface area contributed by atoms with Gasteiger partial charge in [-0.3, -0.25) is 14.9 Å². The maximum Gasteiger partial charge on any atom is 0.270 e. The van der Waals surface area contributed by atoms with Gasteiger partial charge in [0.1, 0.15) is 11.6 Å². The van der Waals surface area contributed by atoms with Crippen molar-refractivity contribution in [2.24, 2.45) is 0 Å². The van der Waals surface area contributed by atoms with Crippen molar-refractivity contribution in [3.8, 4) is 11.4 Å². The maximum atomic E-state index is 14.7. The number of carbonyl (C=O) groups is 1. The number of carbonyl (C=O) groups excluding carboxylic acids is 1. The van der Waals surface area contributed by atoms with E-state index in [1.54, 1.807) is 18.2 Å². The molecular formula is C24H25FN6O3. The Labute approximate surface area is 195 Å². The molecule has 0 atom stereocenters. The van der Waals surface area contributed by atoms with E-state index in [0.717, 1.165) is 64.0 Å². The van der Waals surface area contributed by atoms with Gasteiger partial charge >= 0.3 is 0 Å². The highest BCUT2D eigenvalue weighted by atomic mass is 19.1. The number of rotatable bonds is 5. The Hall–Kier alpha value is -3.82. The first-order valence-electron chi connectivity index (χ1n) is 11.6. The number of nitro groups is 1. The molecule has 3 heterocycles. The number of benzene rings is 2. The molecule has 34 heavy (non-hydrogen) atoms. The fourth-order valence-electron chi connectivity index (χ4n) is 4.70. The van der Waals surface area contributed by atoms with Gasteiger partial charge < -0.3 is 14.8 Å². The lowest BCUT2D eigenvalue weighted by Crippen LogP contribution is -2.23. The Balaban J connectivity index is 1.47. The summed E-state index contributed by atoms with van der Waals surface area (Å²) in [5.74, 6) is 0.359. The van der Waals surface area contributed by atoms with Gasteiger partial charge in [0.25, 0.3) is 11.6 Å². The van der Waals surface area contributed by atoms with Crippen LogP contribution < -0.4 is 10.2 Å². The molecule has 0 radical (unpaired) electrons. The van der Waals surface area contributed by atoms with Crippen LogP contribution in [0, 0.1) is 15.9 Å². The number of anilines is 2. The quantitative estimate of drug-likeness (QED) is 0.438. The van der Waals surface area contributed by atoms with Crippen LogP contribution in [0.4, 0.5) is 21.5 Å². The summed E-state index contributed by atoms with van der Waals surface area (Å²) in [5, 5.41) is 22.6. The lowest BCUT2D eigenvalue weighted by Gasteiger charge is -2.21. The number of nitrogens with one attached hydrogen (secondary N) is 1. The highest BCUT2D eigenvalue weighted by molar-refractivity contribution is 6.09. The Morgan fingerprint density at radius 2 is 1.79 bits per heavy atom. The van der Waals surface area contributed by atoms with Crippen LogP contribution in [-0.2, 0) is 13.0 Å². The van der Waals surface area contributed by atoms with Crippen molar-refractivity contribution in [2.75, 3.05) is 23.3 Å². The molecule has 0 bridgehead atoms. The molecule has 9 nitrogen and oxygen atoms in total. The molecule has 0 spiro atoms. The zero-order valence-electron chi connectivity index (χ0n) is 18.7. The van der Waals surface area contributed by atoms with Gasteiger partial charge in [0.15, 0.2) is 5.82 Å². The SMILES string of the molecule is O=C(Nc1cc(-c2nnc3n2CCCCC3)ccc1F)c1cc([N+](=O)[O-])ccc1N1CCCC1. The lowest BCUT2D eigenvalue weighted by atomic mass is 10.1. The molecule has 2 aliphatic heterocycles. The number of nitrogens with zero attached hydrogens (tertiary/aromatic N) is 5. The molecule has 10 heteroatoms. The van der Waals surface area contributed by atoms with E-state index in [1.807, 2.05) is 4.90 Å². The van der Waals surface area contributed by atoms with Gasteiger partial charge in [0.05, 0.1) is 21.9 Å². The van der Waals surface area contributed by atoms with Crippen molar-refractivity contribution >= 4 is 23.0 Å². The first-order chi connectivity index (χ1) is 16.5. The summed E-state index contributed by atoms with van der Waals surface area (Å²) in [6, 6.07) is 8.69. The van der Waals surface area contributed by atoms with E-state index in [9.17, 15) is 19.3 Å². The molecule has 3 aromatic rings. The first kappa shape index (κ1) is 22.0. The first-order valence-corrected chi connectivity index (χ1v) is 11.6.